The van der Waals surface area contributed by atoms with Gasteiger partial charge in [0.05, 0.1) is 4.88 Å². The number of nitrogens with one attached hydrogen (secondary N) is 1. The van der Waals surface area contributed by atoms with Crippen LogP contribution >= 0.6 is 11.3 Å². The molecule has 3 aromatic rings. The number of carbonyl (C=O) groups is 2. The van der Waals surface area contributed by atoms with Crippen LogP contribution in [0.5, 0.6) is 0 Å². The first-order valence-corrected chi connectivity index (χ1v) is 9.45. The Morgan fingerprint density at radius 2 is 1.62 bits per heavy atom. The molecule has 0 unspecified atom stereocenters. The summed E-state index contributed by atoms with van der Waals surface area (Å²) in [6.45, 7) is 1.97. The average molecular weight is 363 g/mol. The van der Waals surface area contributed by atoms with Crippen LogP contribution in [0, 0.1) is 6.92 Å². The maximum absolute atomic E-state index is 12.3. The molecule has 1 N–H and O–H groups in total. The van der Waals surface area contributed by atoms with E-state index in [4.69, 9.17) is 0 Å². The third-order valence-corrected chi connectivity index (χ3v) is 5.16. The van der Waals surface area contributed by atoms with Gasteiger partial charge in [-0.3, -0.25) is 9.59 Å². The van der Waals surface area contributed by atoms with Gasteiger partial charge in [0.2, 0.25) is 5.91 Å². The lowest BCUT2D eigenvalue weighted by Crippen LogP contribution is -2.14. The van der Waals surface area contributed by atoms with Crippen molar-refractivity contribution in [1.82, 2.24) is 0 Å². The Kier molecular flexibility index (Phi) is 5.97. The third-order valence-electron chi connectivity index (χ3n) is 4.12. The minimum Gasteiger partial charge on any atom is -0.326 e. The summed E-state index contributed by atoms with van der Waals surface area (Å²) < 4.78 is 0. The fourth-order valence-electron chi connectivity index (χ4n) is 2.76. The molecule has 3 nitrogen and oxygen atoms in total. The Hall–Kier alpha value is -2.72. The fraction of sp³-hybridized carbons (Fsp3) is 0.182. The number of thiophene rings is 1. The minimum atomic E-state index is -0.132. The molecule has 1 amide bonds. The standard InChI is InChI=1S/C22H21NO2S/c1-16-11-13-21(26-16)20(24)12-14-22(25)23-19-10-6-5-9-18(19)15-17-7-3-2-4-8-17/h2-11,13H,12,14-15H2,1H3,(H,23,25). The van der Waals surface area contributed by atoms with Crippen molar-refractivity contribution in [2.24, 2.45) is 0 Å². The quantitative estimate of drug-likeness (QED) is 0.583. The molecule has 4 heteroatoms. The molecule has 0 bridgehead atoms. The number of anilines is 1. The molecule has 0 spiro atoms. The largest absolute Gasteiger partial charge is 0.326 e. The molecule has 2 aromatic carbocycles. The van der Waals surface area contributed by atoms with Gasteiger partial charge in [0.25, 0.3) is 0 Å². The Balaban J connectivity index is 1.60. The summed E-state index contributed by atoms with van der Waals surface area (Å²) in [4.78, 5) is 26.3. The van der Waals surface area contributed by atoms with E-state index in [0.29, 0.717) is 0 Å². The predicted molar refractivity (Wildman–Crippen MR) is 107 cm³/mol. The Bertz CT molecular complexity index is 899. The van der Waals surface area contributed by atoms with Crippen molar-refractivity contribution >= 4 is 28.7 Å². The van der Waals surface area contributed by atoms with Crippen molar-refractivity contribution in [3.8, 4) is 0 Å². The van der Waals surface area contributed by atoms with Gasteiger partial charge in [-0.1, -0.05) is 48.5 Å². The molecule has 0 atom stereocenters. The minimum absolute atomic E-state index is 0.0239. The zero-order valence-corrected chi connectivity index (χ0v) is 15.5. The van der Waals surface area contributed by atoms with Gasteiger partial charge in [-0.05, 0) is 42.7 Å². The van der Waals surface area contributed by atoms with Crippen molar-refractivity contribution < 1.29 is 9.59 Å². The van der Waals surface area contributed by atoms with Gasteiger partial charge >= 0.3 is 0 Å². The second-order valence-electron chi connectivity index (χ2n) is 6.20. The van der Waals surface area contributed by atoms with E-state index in [1.54, 1.807) is 0 Å². The lowest BCUT2D eigenvalue weighted by molar-refractivity contribution is -0.116. The predicted octanol–water partition coefficient (Wildman–Crippen LogP) is 5.25. The number of ketones is 1. The zero-order chi connectivity index (χ0) is 18.4. The highest BCUT2D eigenvalue weighted by Crippen LogP contribution is 2.20. The molecular weight excluding hydrogens is 342 g/mol. The number of carbonyl (C=O) groups excluding carboxylic acids is 2. The lowest BCUT2D eigenvalue weighted by atomic mass is 10.0. The van der Waals surface area contributed by atoms with E-state index in [1.165, 1.54) is 16.9 Å². The van der Waals surface area contributed by atoms with Crippen molar-refractivity contribution in [3.63, 3.8) is 0 Å². The number of amides is 1. The number of hydrogen-bond donors (Lipinski definition) is 1. The maximum Gasteiger partial charge on any atom is 0.224 e. The van der Waals surface area contributed by atoms with Crippen LogP contribution in [0.4, 0.5) is 5.69 Å². The van der Waals surface area contributed by atoms with E-state index >= 15 is 0 Å². The van der Waals surface area contributed by atoms with Gasteiger partial charge in [0.15, 0.2) is 5.78 Å². The van der Waals surface area contributed by atoms with Crippen LogP contribution in [0.1, 0.15) is 38.5 Å². The topological polar surface area (TPSA) is 46.2 Å². The third kappa shape index (κ3) is 4.90. The van der Waals surface area contributed by atoms with Gasteiger partial charge in [0.1, 0.15) is 0 Å². The Labute approximate surface area is 157 Å². The van der Waals surface area contributed by atoms with Crippen LogP contribution in [0.15, 0.2) is 66.7 Å². The highest BCUT2D eigenvalue weighted by Gasteiger charge is 2.12. The highest BCUT2D eigenvalue weighted by molar-refractivity contribution is 7.14. The second-order valence-corrected chi connectivity index (χ2v) is 7.49. The van der Waals surface area contributed by atoms with Crippen LogP contribution in [0.3, 0.4) is 0 Å². The number of benzene rings is 2. The van der Waals surface area contributed by atoms with E-state index in [2.05, 4.69) is 17.4 Å². The molecule has 0 aliphatic heterocycles. The summed E-state index contributed by atoms with van der Waals surface area (Å²) in [5.74, 6) is -0.108. The maximum atomic E-state index is 12.3. The summed E-state index contributed by atoms with van der Waals surface area (Å²) in [5.41, 5.74) is 3.06. The summed E-state index contributed by atoms with van der Waals surface area (Å²) in [6.07, 6.45) is 1.17. The van der Waals surface area contributed by atoms with Crippen molar-refractivity contribution in [2.45, 2.75) is 26.2 Å². The number of Topliss-reactive ketones (excluding diaryl/α,β-unsaturated/α-hetero) is 1. The molecule has 132 valence electrons. The fourth-order valence-corrected chi connectivity index (χ4v) is 3.59. The molecular formula is C22H21NO2S. The van der Waals surface area contributed by atoms with Crippen molar-refractivity contribution in [1.29, 1.82) is 0 Å². The van der Waals surface area contributed by atoms with E-state index in [1.807, 2.05) is 61.5 Å². The first-order chi connectivity index (χ1) is 12.6. The molecule has 26 heavy (non-hydrogen) atoms. The number of rotatable bonds is 7. The molecule has 0 radical (unpaired) electrons. The van der Waals surface area contributed by atoms with Gasteiger partial charge in [-0.2, -0.15) is 0 Å². The molecule has 0 fully saturated rings. The van der Waals surface area contributed by atoms with Crippen molar-refractivity contribution in [3.05, 3.63) is 87.6 Å². The summed E-state index contributed by atoms with van der Waals surface area (Å²) in [5, 5.41) is 2.96. The van der Waals surface area contributed by atoms with Crippen LogP contribution < -0.4 is 5.32 Å². The number of para-hydroxylation sites is 1. The molecule has 0 aliphatic carbocycles. The van der Waals surface area contributed by atoms with Crippen LogP contribution in [-0.2, 0) is 11.2 Å². The molecule has 0 saturated carbocycles. The van der Waals surface area contributed by atoms with Gasteiger partial charge < -0.3 is 5.32 Å². The number of aryl methyl sites for hydroxylation is 1. The highest BCUT2D eigenvalue weighted by atomic mass is 32.1. The lowest BCUT2D eigenvalue weighted by Gasteiger charge is -2.11. The van der Waals surface area contributed by atoms with Crippen LogP contribution in [-0.4, -0.2) is 11.7 Å². The van der Waals surface area contributed by atoms with Crippen LogP contribution in [0.2, 0.25) is 0 Å². The van der Waals surface area contributed by atoms with E-state index in [9.17, 15) is 9.59 Å². The van der Waals surface area contributed by atoms with Crippen LogP contribution in [0.25, 0.3) is 0 Å². The van der Waals surface area contributed by atoms with Gasteiger partial charge in [0, 0.05) is 23.4 Å². The van der Waals surface area contributed by atoms with E-state index in [0.717, 1.165) is 27.4 Å². The SMILES string of the molecule is Cc1ccc(C(=O)CCC(=O)Nc2ccccc2Cc2ccccc2)s1. The summed E-state index contributed by atoms with van der Waals surface area (Å²) >= 11 is 1.47. The Morgan fingerprint density at radius 1 is 0.885 bits per heavy atom. The number of hydrogen-bond acceptors (Lipinski definition) is 3. The summed E-state index contributed by atoms with van der Waals surface area (Å²) in [6, 6.07) is 21.7. The molecule has 3 rings (SSSR count). The Morgan fingerprint density at radius 3 is 2.35 bits per heavy atom. The van der Waals surface area contributed by atoms with E-state index < -0.39 is 0 Å². The molecule has 0 aliphatic rings. The first kappa shape index (κ1) is 18.1. The zero-order valence-electron chi connectivity index (χ0n) is 14.7. The summed E-state index contributed by atoms with van der Waals surface area (Å²) in [7, 11) is 0. The van der Waals surface area contributed by atoms with Gasteiger partial charge in [-0.15, -0.1) is 11.3 Å². The smallest absolute Gasteiger partial charge is 0.224 e. The first-order valence-electron chi connectivity index (χ1n) is 8.63. The monoisotopic (exact) mass is 363 g/mol. The van der Waals surface area contributed by atoms with E-state index in [-0.39, 0.29) is 24.5 Å². The molecule has 1 aromatic heterocycles. The van der Waals surface area contributed by atoms with Crippen molar-refractivity contribution in [2.75, 3.05) is 5.32 Å². The normalized spacial score (nSPS) is 10.5. The second kappa shape index (κ2) is 8.59. The molecule has 0 saturated heterocycles. The van der Waals surface area contributed by atoms with Gasteiger partial charge in [-0.25, -0.2) is 0 Å². The molecule has 1 heterocycles. The average Bonchev–Trinajstić information content (AvgIpc) is 3.09.